The van der Waals surface area contributed by atoms with Crippen LogP contribution in [-0.4, -0.2) is 66.1 Å². The Morgan fingerprint density at radius 1 is 1.05 bits per heavy atom. The van der Waals surface area contributed by atoms with Crippen LogP contribution in [0.3, 0.4) is 0 Å². The van der Waals surface area contributed by atoms with E-state index < -0.39 is 12.7 Å². The molecule has 1 aromatic rings. The van der Waals surface area contributed by atoms with E-state index >= 15 is 0 Å². The molecule has 0 aliphatic carbocycles. The van der Waals surface area contributed by atoms with E-state index in [0.29, 0.717) is 31.7 Å². The maximum absolute atomic E-state index is 12.3. The highest BCUT2D eigenvalue weighted by Gasteiger charge is 2.32. The summed E-state index contributed by atoms with van der Waals surface area (Å²) >= 11 is 0. The predicted molar refractivity (Wildman–Crippen MR) is 71.4 cm³/mol. The molecule has 21 heavy (non-hydrogen) atoms. The molecule has 0 aromatic heterocycles. The number of phenols is 1. The van der Waals surface area contributed by atoms with Gasteiger partial charge in [-0.15, -0.1) is 0 Å². The minimum absolute atomic E-state index is 0.0901. The number of hydrogen-bond acceptors (Lipinski definition) is 4. The highest BCUT2D eigenvalue weighted by molar-refractivity contribution is 5.97. The first kappa shape index (κ1) is 15.8. The lowest BCUT2D eigenvalue weighted by Gasteiger charge is -2.34. The fourth-order valence-electron chi connectivity index (χ4n) is 2.30. The molecule has 2 rings (SSSR count). The summed E-state index contributed by atoms with van der Waals surface area (Å²) in [6.07, 6.45) is -4.18. The predicted octanol–water partition coefficient (Wildman–Crippen LogP) is 1.75. The van der Waals surface area contributed by atoms with Crippen molar-refractivity contribution in [1.29, 1.82) is 0 Å². The van der Waals surface area contributed by atoms with E-state index in [1.165, 1.54) is 29.2 Å². The van der Waals surface area contributed by atoms with E-state index in [4.69, 9.17) is 5.11 Å². The van der Waals surface area contributed by atoms with Crippen LogP contribution in [-0.2, 0) is 0 Å². The van der Waals surface area contributed by atoms with E-state index in [0.717, 1.165) is 0 Å². The topological polar surface area (TPSA) is 43.8 Å². The third kappa shape index (κ3) is 5.02. The number of ketones is 1. The zero-order valence-corrected chi connectivity index (χ0v) is 11.4. The molecule has 0 saturated carbocycles. The number of Topliss-reactive ketones (excluding diaryl/α,β-unsaturated/α-hetero) is 1. The van der Waals surface area contributed by atoms with Crippen molar-refractivity contribution in [3.8, 4) is 5.75 Å². The zero-order valence-electron chi connectivity index (χ0n) is 11.4. The number of carbonyl (C=O) groups is 1. The summed E-state index contributed by atoms with van der Waals surface area (Å²) in [7, 11) is 0. The van der Waals surface area contributed by atoms with Crippen molar-refractivity contribution >= 4 is 5.78 Å². The molecule has 1 heterocycles. The Morgan fingerprint density at radius 2 is 1.57 bits per heavy atom. The number of nitrogens with zero attached hydrogens (tertiary/aromatic N) is 2. The average Bonchev–Trinajstić information content (AvgIpc) is 2.40. The van der Waals surface area contributed by atoms with Crippen molar-refractivity contribution in [1.82, 2.24) is 9.80 Å². The van der Waals surface area contributed by atoms with E-state index in [2.05, 4.69) is 0 Å². The second-order valence-corrected chi connectivity index (χ2v) is 5.14. The number of alkyl halides is 3. The first-order chi connectivity index (χ1) is 9.83. The molecule has 0 bridgehead atoms. The molecule has 0 atom stereocenters. The van der Waals surface area contributed by atoms with E-state index in [1.807, 2.05) is 4.90 Å². The van der Waals surface area contributed by atoms with Crippen molar-refractivity contribution in [3.05, 3.63) is 29.8 Å². The Kier molecular flexibility index (Phi) is 4.84. The summed E-state index contributed by atoms with van der Waals surface area (Å²) < 4.78 is 36.8. The van der Waals surface area contributed by atoms with Crippen LogP contribution < -0.4 is 0 Å². The summed E-state index contributed by atoms with van der Waals surface area (Å²) in [6, 6.07) is 5.96. The Bertz CT molecular complexity index is 480. The summed E-state index contributed by atoms with van der Waals surface area (Å²) in [6.45, 7) is 0.794. The molecule has 1 aromatic carbocycles. The smallest absolute Gasteiger partial charge is 0.401 e. The lowest BCUT2D eigenvalue weighted by atomic mass is 10.1. The van der Waals surface area contributed by atoms with Gasteiger partial charge in [0.25, 0.3) is 0 Å². The zero-order chi connectivity index (χ0) is 15.5. The van der Waals surface area contributed by atoms with Crippen LogP contribution in [0, 0.1) is 0 Å². The fourth-order valence-corrected chi connectivity index (χ4v) is 2.30. The lowest BCUT2D eigenvalue weighted by molar-refractivity contribution is -0.149. The molecule has 116 valence electrons. The van der Waals surface area contributed by atoms with Gasteiger partial charge in [-0.25, -0.2) is 0 Å². The molecular weight excluding hydrogens is 285 g/mol. The van der Waals surface area contributed by atoms with Gasteiger partial charge in [-0.2, -0.15) is 13.2 Å². The van der Waals surface area contributed by atoms with E-state index in [1.54, 1.807) is 0 Å². The van der Waals surface area contributed by atoms with Crippen LogP contribution >= 0.6 is 0 Å². The molecule has 4 nitrogen and oxygen atoms in total. The van der Waals surface area contributed by atoms with Crippen LogP contribution in [0.5, 0.6) is 5.75 Å². The first-order valence-electron chi connectivity index (χ1n) is 6.67. The summed E-state index contributed by atoms with van der Waals surface area (Å²) in [5, 5.41) is 9.16. The number of phenolic OH excluding ortho intramolecular Hbond substituents is 1. The Labute approximate surface area is 120 Å². The number of halogens is 3. The molecule has 0 unspecified atom stereocenters. The van der Waals surface area contributed by atoms with Crippen LogP contribution in [0.25, 0.3) is 0 Å². The van der Waals surface area contributed by atoms with Gasteiger partial charge < -0.3 is 5.11 Å². The Hall–Kier alpha value is -1.60. The molecule has 1 N–H and O–H groups in total. The normalized spacial score (nSPS) is 17.9. The van der Waals surface area contributed by atoms with Crippen molar-refractivity contribution in [2.75, 3.05) is 39.3 Å². The number of hydrogen-bond donors (Lipinski definition) is 1. The second kappa shape index (κ2) is 6.44. The van der Waals surface area contributed by atoms with Gasteiger partial charge in [-0.05, 0) is 24.3 Å². The molecule has 7 heteroatoms. The highest BCUT2D eigenvalue weighted by Crippen LogP contribution is 2.17. The van der Waals surface area contributed by atoms with Crippen LogP contribution in [0.4, 0.5) is 13.2 Å². The van der Waals surface area contributed by atoms with Gasteiger partial charge in [0, 0.05) is 31.7 Å². The van der Waals surface area contributed by atoms with Gasteiger partial charge in [0.05, 0.1) is 13.1 Å². The van der Waals surface area contributed by atoms with Gasteiger partial charge in [-0.1, -0.05) is 0 Å². The van der Waals surface area contributed by atoms with Gasteiger partial charge in [-0.3, -0.25) is 14.6 Å². The molecule has 1 fully saturated rings. The number of aromatic hydroxyl groups is 1. The van der Waals surface area contributed by atoms with E-state index in [-0.39, 0.29) is 18.1 Å². The van der Waals surface area contributed by atoms with Crippen LogP contribution in [0.15, 0.2) is 24.3 Å². The van der Waals surface area contributed by atoms with Crippen molar-refractivity contribution in [2.45, 2.75) is 6.18 Å². The minimum atomic E-state index is -4.18. The van der Waals surface area contributed by atoms with E-state index in [9.17, 15) is 18.0 Å². The Balaban J connectivity index is 1.80. The van der Waals surface area contributed by atoms with Crippen LogP contribution in [0.2, 0.25) is 0 Å². The standard InChI is InChI=1S/C14H17F3N2O2/c15-14(16,17)10-19-7-5-18(6-8-19)9-13(21)11-1-3-12(20)4-2-11/h1-4,20H,5-10H2. The summed E-state index contributed by atoms with van der Waals surface area (Å²) in [5.41, 5.74) is 0.491. The third-order valence-electron chi connectivity index (χ3n) is 3.42. The van der Waals surface area contributed by atoms with Crippen molar-refractivity contribution < 1.29 is 23.1 Å². The highest BCUT2D eigenvalue weighted by atomic mass is 19.4. The summed E-state index contributed by atoms with van der Waals surface area (Å²) in [4.78, 5) is 15.2. The molecule has 0 spiro atoms. The minimum Gasteiger partial charge on any atom is -0.508 e. The van der Waals surface area contributed by atoms with Crippen molar-refractivity contribution in [2.24, 2.45) is 0 Å². The van der Waals surface area contributed by atoms with Gasteiger partial charge in [0.15, 0.2) is 5.78 Å². The molecule has 1 saturated heterocycles. The largest absolute Gasteiger partial charge is 0.508 e. The Morgan fingerprint density at radius 3 is 2.10 bits per heavy atom. The molecule has 1 aliphatic heterocycles. The third-order valence-corrected chi connectivity index (χ3v) is 3.42. The quantitative estimate of drug-likeness (QED) is 0.861. The molecule has 0 radical (unpaired) electrons. The van der Waals surface area contributed by atoms with Gasteiger partial charge in [0.2, 0.25) is 0 Å². The SMILES string of the molecule is O=C(CN1CCN(CC(F)(F)F)CC1)c1ccc(O)cc1. The maximum atomic E-state index is 12.3. The first-order valence-corrected chi connectivity index (χ1v) is 6.67. The average molecular weight is 302 g/mol. The summed E-state index contributed by atoms with van der Waals surface area (Å²) in [5.74, 6) is -0.00779. The van der Waals surface area contributed by atoms with Gasteiger partial charge in [0.1, 0.15) is 5.75 Å². The number of piperazine rings is 1. The van der Waals surface area contributed by atoms with Crippen LogP contribution in [0.1, 0.15) is 10.4 Å². The number of benzene rings is 1. The lowest BCUT2D eigenvalue weighted by Crippen LogP contribution is -2.50. The molecule has 0 amide bonds. The maximum Gasteiger partial charge on any atom is 0.401 e. The number of rotatable bonds is 4. The van der Waals surface area contributed by atoms with Gasteiger partial charge >= 0.3 is 6.18 Å². The monoisotopic (exact) mass is 302 g/mol. The fraction of sp³-hybridized carbons (Fsp3) is 0.500. The second-order valence-electron chi connectivity index (χ2n) is 5.14. The molecule has 1 aliphatic rings. The number of carbonyl (C=O) groups excluding carboxylic acids is 1. The molecular formula is C14H17F3N2O2. The van der Waals surface area contributed by atoms with Crippen molar-refractivity contribution in [3.63, 3.8) is 0 Å².